The van der Waals surface area contributed by atoms with Crippen LogP contribution in [0.2, 0.25) is 5.15 Å². The van der Waals surface area contributed by atoms with Gasteiger partial charge in [0.25, 0.3) is 10.0 Å². The molecule has 0 fully saturated rings. The maximum absolute atomic E-state index is 12.2. The maximum atomic E-state index is 12.2. The van der Waals surface area contributed by atoms with Crippen molar-refractivity contribution in [3.05, 3.63) is 16.7 Å². The highest BCUT2D eigenvalue weighted by Crippen LogP contribution is 2.25. The van der Waals surface area contributed by atoms with Gasteiger partial charge in [-0.2, -0.15) is 4.72 Å². The smallest absolute Gasteiger partial charge is 0.260 e. The third-order valence-corrected chi connectivity index (χ3v) is 5.10. The number of nitrogens with one attached hydrogen (secondary N) is 2. The minimum absolute atomic E-state index is 0.122. The van der Waals surface area contributed by atoms with Crippen LogP contribution in [0, 0.1) is 0 Å². The lowest BCUT2D eigenvalue weighted by molar-refractivity contribution is -0.121. The number of nitrogens with zero attached hydrogens (tertiary/aromatic N) is 2. The van der Waals surface area contributed by atoms with Crippen LogP contribution in [0.3, 0.4) is 0 Å². The molecule has 0 bridgehead atoms. The summed E-state index contributed by atoms with van der Waals surface area (Å²) in [5.41, 5.74) is 0. The van der Waals surface area contributed by atoms with Gasteiger partial charge >= 0.3 is 0 Å². The predicted octanol–water partition coefficient (Wildman–Crippen LogP) is 0.462. The van der Waals surface area contributed by atoms with Crippen LogP contribution in [0.15, 0.2) is 16.6 Å². The highest BCUT2D eigenvalue weighted by atomic mass is 35.5. The van der Waals surface area contributed by atoms with Crippen molar-refractivity contribution in [1.82, 2.24) is 19.4 Å². The number of likely N-dealkylation sites (N-methyl/N-ethyl adjacent to an activating group) is 1. The first-order valence-corrected chi connectivity index (χ1v) is 7.96. The molecule has 0 saturated carbocycles. The van der Waals surface area contributed by atoms with E-state index in [-0.39, 0.29) is 10.2 Å². The van der Waals surface area contributed by atoms with Crippen molar-refractivity contribution in [2.24, 2.45) is 0 Å². The van der Waals surface area contributed by atoms with Gasteiger partial charge in [0.2, 0.25) is 5.91 Å². The van der Waals surface area contributed by atoms with E-state index in [1.165, 1.54) is 29.7 Å². The number of hydrogen-bond acceptors (Lipinski definition) is 5. The summed E-state index contributed by atoms with van der Waals surface area (Å²) in [6.45, 7) is 1.44. The monoisotopic (exact) mass is 322 g/mol. The van der Waals surface area contributed by atoms with Crippen molar-refractivity contribution in [2.45, 2.75) is 18.0 Å². The van der Waals surface area contributed by atoms with Crippen LogP contribution in [0.4, 0.5) is 0 Å². The minimum atomic E-state index is -3.93. The first-order valence-electron chi connectivity index (χ1n) is 5.22. The molecule has 0 radical (unpaired) electrons. The molecule has 1 atom stereocenters. The predicted molar refractivity (Wildman–Crippen MR) is 71.9 cm³/mol. The minimum Gasteiger partial charge on any atom is -0.358 e. The molecule has 2 aromatic rings. The lowest BCUT2D eigenvalue weighted by Gasteiger charge is -2.12. The van der Waals surface area contributed by atoms with Gasteiger partial charge in [-0.05, 0) is 6.92 Å². The molecule has 1 amide bonds. The Bertz CT molecular complexity index is 721. The molecule has 0 aliphatic rings. The summed E-state index contributed by atoms with van der Waals surface area (Å²) in [4.78, 5) is 15.8. The second-order valence-electron chi connectivity index (χ2n) is 3.72. The van der Waals surface area contributed by atoms with E-state index in [1.54, 1.807) is 11.6 Å². The van der Waals surface area contributed by atoms with Gasteiger partial charge in [-0.25, -0.2) is 13.4 Å². The number of aromatic nitrogens is 2. The van der Waals surface area contributed by atoms with Crippen molar-refractivity contribution in [3.63, 3.8) is 0 Å². The van der Waals surface area contributed by atoms with Gasteiger partial charge in [-0.1, -0.05) is 11.6 Å². The fourth-order valence-electron chi connectivity index (χ4n) is 1.54. The summed E-state index contributed by atoms with van der Waals surface area (Å²) in [5.74, 6) is -0.439. The standard InChI is InChI=1S/C9H11ClN4O3S2/c1-5(7(15)11-2)13-19(16,17)8-6(10)12-9-14(8)3-4-18-9/h3-5,13H,1-2H3,(H,11,15). The van der Waals surface area contributed by atoms with Crippen molar-refractivity contribution in [1.29, 1.82) is 0 Å². The molecule has 0 spiro atoms. The van der Waals surface area contributed by atoms with Crippen molar-refractivity contribution in [2.75, 3.05) is 7.05 Å². The summed E-state index contributed by atoms with van der Waals surface area (Å²) in [6.07, 6.45) is 1.55. The van der Waals surface area contributed by atoms with Crippen molar-refractivity contribution >= 4 is 43.8 Å². The van der Waals surface area contributed by atoms with E-state index in [4.69, 9.17) is 11.6 Å². The lowest BCUT2D eigenvalue weighted by atomic mass is 10.3. The molecule has 2 N–H and O–H groups in total. The average Bonchev–Trinajstić information content (AvgIpc) is 2.85. The number of carbonyl (C=O) groups is 1. The Kier molecular flexibility index (Phi) is 3.81. The zero-order valence-electron chi connectivity index (χ0n) is 10.0. The number of halogens is 1. The van der Waals surface area contributed by atoms with Crippen LogP contribution < -0.4 is 10.0 Å². The Morgan fingerprint density at radius 1 is 1.58 bits per heavy atom. The molecule has 7 nitrogen and oxygen atoms in total. The second kappa shape index (κ2) is 5.08. The fourth-order valence-corrected chi connectivity index (χ4v) is 4.19. The molecule has 0 aromatic carbocycles. The molecule has 104 valence electrons. The first-order chi connectivity index (χ1) is 8.86. The van der Waals surface area contributed by atoms with Crippen LogP contribution in [-0.2, 0) is 14.8 Å². The Balaban J connectivity index is 2.42. The molecule has 2 rings (SSSR count). The van der Waals surface area contributed by atoms with Crippen molar-refractivity contribution < 1.29 is 13.2 Å². The quantitative estimate of drug-likeness (QED) is 0.855. The summed E-state index contributed by atoms with van der Waals surface area (Å²) in [5, 5.41) is 3.77. The lowest BCUT2D eigenvalue weighted by Crippen LogP contribution is -2.43. The van der Waals surface area contributed by atoms with Crippen LogP contribution in [-0.4, -0.2) is 36.8 Å². The normalized spacial score (nSPS) is 13.6. The Morgan fingerprint density at radius 2 is 2.26 bits per heavy atom. The molecular weight excluding hydrogens is 312 g/mol. The number of fused-ring (bicyclic) bond motifs is 1. The molecule has 2 aromatic heterocycles. The van der Waals surface area contributed by atoms with E-state index >= 15 is 0 Å². The van der Waals surface area contributed by atoms with Crippen LogP contribution in [0.1, 0.15) is 6.92 Å². The van der Waals surface area contributed by atoms with E-state index in [1.807, 2.05) is 0 Å². The number of hydrogen-bond donors (Lipinski definition) is 2. The Hall–Kier alpha value is -1.16. The average molecular weight is 323 g/mol. The van der Waals surface area contributed by atoms with Crippen LogP contribution in [0.5, 0.6) is 0 Å². The van der Waals surface area contributed by atoms with Crippen molar-refractivity contribution in [3.8, 4) is 0 Å². The fraction of sp³-hybridized carbons (Fsp3) is 0.333. The van der Waals surface area contributed by atoms with Crippen LogP contribution >= 0.6 is 22.9 Å². The number of rotatable bonds is 4. The van der Waals surface area contributed by atoms with Crippen LogP contribution in [0.25, 0.3) is 4.96 Å². The molecule has 19 heavy (non-hydrogen) atoms. The van der Waals surface area contributed by atoms with E-state index in [9.17, 15) is 13.2 Å². The molecule has 0 aliphatic heterocycles. The number of thiazole rings is 1. The summed E-state index contributed by atoms with van der Waals surface area (Å²) in [6, 6.07) is -0.907. The SMILES string of the molecule is CNC(=O)C(C)NS(=O)(=O)c1c(Cl)nc2sccn12. The molecule has 2 heterocycles. The number of sulfonamides is 1. The third-order valence-electron chi connectivity index (χ3n) is 2.40. The summed E-state index contributed by atoms with van der Waals surface area (Å²) >= 11 is 7.11. The van der Waals surface area contributed by atoms with E-state index in [2.05, 4.69) is 15.0 Å². The summed E-state index contributed by atoms with van der Waals surface area (Å²) < 4.78 is 28.1. The van der Waals surface area contributed by atoms with E-state index in [0.717, 1.165) is 0 Å². The van der Waals surface area contributed by atoms with E-state index in [0.29, 0.717) is 4.96 Å². The van der Waals surface area contributed by atoms with Gasteiger partial charge in [-0.15, -0.1) is 11.3 Å². The maximum Gasteiger partial charge on any atom is 0.260 e. The number of imidazole rings is 1. The molecule has 0 aliphatic carbocycles. The zero-order valence-corrected chi connectivity index (χ0v) is 12.4. The van der Waals surface area contributed by atoms with E-state index < -0.39 is 22.0 Å². The Morgan fingerprint density at radius 3 is 2.89 bits per heavy atom. The molecular formula is C9H11ClN4O3S2. The second-order valence-corrected chi connectivity index (χ2v) is 6.58. The third kappa shape index (κ3) is 2.59. The molecule has 10 heteroatoms. The van der Waals surface area contributed by atoms with Gasteiger partial charge in [0.05, 0.1) is 6.04 Å². The zero-order chi connectivity index (χ0) is 14.2. The topological polar surface area (TPSA) is 92.6 Å². The first kappa shape index (κ1) is 14.3. The Labute approximate surface area is 118 Å². The number of carbonyl (C=O) groups excluding carboxylic acids is 1. The highest BCUT2D eigenvalue weighted by Gasteiger charge is 2.28. The van der Waals surface area contributed by atoms with Gasteiger partial charge in [0.15, 0.2) is 15.1 Å². The molecule has 1 unspecified atom stereocenters. The van der Waals surface area contributed by atoms with Gasteiger partial charge in [0, 0.05) is 18.6 Å². The molecule has 0 saturated heterocycles. The summed E-state index contributed by atoms with van der Waals surface area (Å²) in [7, 11) is -2.51. The highest BCUT2D eigenvalue weighted by molar-refractivity contribution is 7.89. The number of amides is 1. The van der Waals surface area contributed by atoms with Gasteiger partial charge in [0.1, 0.15) is 0 Å². The van der Waals surface area contributed by atoms with Gasteiger partial charge < -0.3 is 5.32 Å². The largest absolute Gasteiger partial charge is 0.358 e. The van der Waals surface area contributed by atoms with Gasteiger partial charge in [-0.3, -0.25) is 9.20 Å².